The Morgan fingerprint density at radius 2 is 2.19 bits per heavy atom. The molecule has 21 heavy (non-hydrogen) atoms. The number of methoxy groups -OCH3 is 1. The zero-order valence-electron chi connectivity index (χ0n) is 12.4. The van der Waals surface area contributed by atoms with Crippen LogP contribution in [0.1, 0.15) is 5.56 Å². The van der Waals surface area contributed by atoms with E-state index in [9.17, 15) is 4.79 Å². The lowest BCUT2D eigenvalue weighted by atomic mass is 10.2. The molecule has 0 saturated carbocycles. The van der Waals surface area contributed by atoms with E-state index in [0.717, 1.165) is 37.5 Å². The van der Waals surface area contributed by atoms with Gasteiger partial charge in [-0.1, -0.05) is 18.2 Å². The van der Waals surface area contributed by atoms with Crippen LogP contribution in [0.3, 0.4) is 0 Å². The van der Waals surface area contributed by atoms with Crippen molar-refractivity contribution in [3.63, 3.8) is 0 Å². The van der Waals surface area contributed by atoms with Crippen molar-refractivity contribution in [2.24, 2.45) is 0 Å². The first kappa shape index (κ1) is 15.6. The summed E-state index contributed by atoms with van der Waals surface area (Å²) < 4.78 is 10.8. The number of nitrogens with one attached hydrogen (secondary N) is 2. The Labute approximate surface area is 125 Å². The number of hydrogen-bond acceptors (Lipinski definition) is 4. The van der Waals surface area contributed by atoms with Gasteiger partial charge in [-0.05, 0) is 6.07 Å². The second kappa shape index (κ2) is 8.49. The summed E-state index contributed by atoms with van der Waals surface area (Å²) in [6.45, 7) is 4.82. The molecule has 2 N–H and O–H groups in total. The molecule has 1 heterocycles. The second-order valence-corrected chi connectivity index (χ2v) is 4.84. The van der Waals surface area contributed by atoms with Crippen molar-refractivity contribution < 1.29 is 14.3 Å². The SMILES string of the molecule is COCCNCc1ccccc1OCCN1CCNC1=O. The number of carbonyl (C=O) groups is 1. The van der Waals surface area contributed by atoms with E-state index in [4.69, 9.17) is 9.47 Å². The van der Waals surface area contributed by atoms with Gasteiger partial charge < -0.3 is 25.0 Å². The summed E-state index contributed by atoms with van der Waals surface area (Å²) in [5.74, 6) is 0.863. The highest BCUT2D eigenvalue weighted by Gasteiger charge is 2.18. The normalized spacial score (nSPS) is 14.3. The summed E-state index contributed by atoms with van der Waals surface area (Å²) in [4.78, 5) is 13.2. The first-order valence-electron chi connectivity index (χ1n) is 7.24. The Kier molecular flexibility index (Phi) is 6.30. The lowest BCUT2D eigenvalue weighted by molar-refractivity contribution is 0.198. The van der Waals surface area contributed by atoms with E-state index in [1.165, 1.54) is 0 Å². The van der Waals surface area contributed by atoms with Crippen molar-refractivity contribution in [1.29, 1.82) is 0 Å². The highest BCUT2D eigenvalue weighted by Crippen LogP contribution is 2.17. The quantitative estimate of drug-likeness (QED) is 0.662. The average molecular weight is 293 g/mol. The number of hydrogen-bond donors (Lipinski definition) is 2. The highest BCUT2D eigenvalue weighted by molar-refractivity contribution is 5.76. The maximum atomic E-state index is 11.4. The van der Waals surface area contributed by atoms with E-state index < -0.39 is 0 Å². The number of amides is 2. The largest absolute Gasteiger partial charge is 0.491 e. The fraction of sp³-hybridized carbons (Fsp3) is 0.533. The minimum Gasteiger partial charge on any atom is -0.491 e. The Hall–Kier alpha value is -1.79. The van der Waals surface area contributed by atoms with E-state index in [1.807, 2.05) is 24.3 Å². The second-order valence-electron chi connectivity index (χ2n) is 4.84. The van der Waals surface area contributed by atoms with Crippen LogP contribution < -0.4 is 15.4 Å². The highest BCUT2D eigenvalue weighted by atomic mass is 16.5. The molecule has 0 radical (unpaired) electrons. The Bertz CT molecular complexity index is 454. The number of nitrogens with zero attached hydrogens (tertiary/aromatic N) is 1. The molecule has 2 rings (SSSR count). The molecule has 1 aromatic carbocycles. The third-order valence-corrected chi connectivity index (χ3v) is 3.33. The molecule has 1 fully saturated rings. The van der Waals surface area contributed by atoms with Gasteiger partial charge in [0, 0.05) is 38.9 Å². The molecule has 0 spiro atoms. The number of rotatable bonds is 9. The summed E-state index contributed by atoms with van der Waals surface area (Å²) in [6, 6.07) is 7.94. The van der Waals surface area contributed by atoms with Gasteiger partial charge in [0.1, 0.15) is 12.4 Å². The number of ether oxygens (including phenoxy) is 2. The molecule has 0 aromatic heterocycles. The van der Waals surface area contributed by atoms with Crippen LogP contribution in [-0.4, -0.2) is 57.4 Å². The third-order valence-electron chi connectivity index (χ3n) is 3.33. The van der Waals surface area contributed by atoms with Crippen molar-refractivity contribution in [1.82, 2.24) is 15.5 Å². The first-order chi connectivity index (χ1) is 10.3. The molecular weight excluding hydrogens is 270 g/mol. The van der Waals surface area contributed by atoms with Gasteiger partial charge >= 0.3 is 6.03 Å². The van der Waals surface area contributed by atoms with Crippen LogP contribution in [0.15, 0.2) is 24.3 Å². The van der Waals surface area contributed by atoms with E-state index >= 15 is 0 Å². The molecule has 0 bridgehead atoms. The third kappa shape index (κ3) is 4.91. The standard InChI is InChI=1S/C15H23N3O3/c1-20-10-7-16-12-13-4-2-3-5-14(13)21-11-9-18-8-6-17-15(18)19/h2-5,16H,6-12H2,1H3,(H,17,19). The van der Waals surface area contributed by atoms with Gasteiger partial charge in [-0.2, -0.15) is 0 Å². The van der Waals surface area contributed by atoms with Crippen molar-refractivity contribution in [2.45, 2.75) is 6.54 Å². The fourth-order valence-electron chi connectivity index (χ4n) is 2.18. The molecule has 6 nitrogen and oxygen atoms in total. The number of carbonyl (C=O) groups excluding carboxylic acids is 1. The molecule has 1 aromatic rings. The van der Waals surface area contributed by atoms with E-state index in [0.29, 0.717) is 19.8 Å². The molecule has 116 valence electrons. The summed E-state index contributed by atoms with van der Waals surface area (Å²) in [6.07, 6.45) is 0. The topological polar surface area (TPSA) is 62.8 Å². The molecule has 1 saturated heterocycles. The monoisotopic (exact) mass is 293 g/mol. The smallest absolute Gasteiger partial charge is 0.317 e. The Morgan fingerprint density at radius 3 is 2.95 bits per heavy atom. The van der Waals surface area contributed by atoms with Crippen LogP contribution >= 0.6 is 0 Å². The van der Waals surface area contributed by atoms with Gasteiger partial charge in [0.15, 0.2) is 0 Å². The van der Waals surface area contributed by atoms with Crippen LogP contribution in [-0.2, 0) is 11.3 Å². The Morgan fingerprint density at radius 1 is 1.33 bits per heavy atom. The molecule has 1 aliphatic rings. The molecule has 0 aliphatic carbocycles. The molecular formula is C15H23N3O3. The van der Waals surface area contributed by atoms with Gasteiger partial charge in [-0.25, -0.2) is 4.79 Å². The number of benzene rings is 1. The zero-order valence-corrected chi connectivity index (χ0v) is 12.4. The average Bonchev–Trinajstić information content (AvgIpc) is 2.90. The van der Waals surface area contributed by atoms with E-state index in [1.54, 1.807) is 12.0 Å². The molecule has 0 unspecified atom stereocenters. The van der Waals surface area contributed by atoms with Gasteiger partial charge in [0.2, 0.25) is 0 Å². The van der Waals surface area contributed by atoms with Crippen molar-refractivity contribution >= 4 is 6.03 Å². The minimum absolute atomic E-state index is 0.00637. The summed E-state index contributed by atoms with van der Waals surface area (Å²) in [5, 5.41) is 6.08. The van der Waals surface area contributed by atoms with Crippen molar-refractivity contribution in [2.75, 3.05) is 46.5 Å². The zero-order chi connectivity index (χ0) is 14.9. The van der Waals surface area contributed by atoms with E-state index in [2.05, 4.69) is 10.6 Å². The van der Waals surface area contributed by atoms with Crippen LogP contribution in [0, 0.1) is 0 Å². The van der Waals surface area contributed by atoms with Gasteiger partial charge in [0.05, 0.1) is 13.2 Å². The molecule has 2 amide bonds. The lowest BCUT2D eigenvalue weighted by Gasteiger charge is -2.16. The maximum Gasteiger partial charge on any atom is 0.317 e. The summed E-state index contributed by atoms with van der Waals surface area (Å²) in [5.41, 5.74) is 1.11. The van der Waals surface area contributed by atoms with Crippen LogP contribution in [0.2, 0.25) is 0 Å². The van der Waals surface area contributed by atoms with Gasteiger partial charge in [-0.3, -0.25) is 0 Å². The lowest BCUT2D eigenvalue weighted by Crippen LogP contribution is -2.32. The van der Waals surface area contributed by atoms with Gasteiger partial charge in [0.25, 0.3) is 0 Å². The van der Waals surface area contributed by atoms with E-state index in [-0.39, 0.29) is 6.03 Å². The fourth-order valence-corrected chi connectivity index (χ4v) is 2.18. The summed E-state index contributed by atoms with van der Waals surface area (Å²) in [7, 11) is 1.69. The van der Waals surface area contributed by atoms with Crippen molar-refractivity contribution in [3.8, 4) is 5.75 Å². The maximum absolute atomic E-state index is 11.4. The first-order valence-corrected chi connectivity index (χ1v) is 7.24. The van der Waals surface area contributed by atoms with Crippen molar-refractivity contribution in [3.05, 3.63) is 29.8 Å². The number of para-hydroxylation sites is 1. The molecule has 1 aliphatic heterocycles. The predicted molar refractivity (Wildman–Crippen MR) is 80.5 cm³/mol. The predicted octanol–water partition coefficient (Wildman–Crippen LogP) is 0.827. The van der Waals surface area contributed by atoms with Crippen LogP contribution in [0.4, 0.5) is 4.79 Å². The van der Waals surface area contributed by atoms with Crippen LogP contribution in [0.5, 0.6) is 5.75 Å². The Balaban J connectivity index is 1.77. The molecule has 0 atom stereocenters. The molecule has 6 heteroatoms. The minimum atomic E-state index is -0.00637. The number of urea groups is 1. The van der Waals surface area contributed by atoms with Gasteiger partial charge in [-0.15, -0.1) is 0 Å². The van der Waals surface area contributed by atoms with Crippen LogP contribution in [0.25, 0.3) is 0 Å². The summed E-state index contributed by atoms with van der Waals surface area (Å²) >= 11 is 0.